The smallest absolute Gasteiger partial charge is 0.259 e. The maximum absolute atomic E-state index is 12.6. The Hall–Kier alpha value is -2.35. The van der Waals surface area contributed by atoms with Crippen LogP contribution in [0, 0.1) is 0 Å². The fourth-order valence-corrected chi connectivity index (χ4v) is 3.90. The molecular formula is C18H17ClN2O4S. The molecule has 0 spiro atoms. The molecule has 0 bridgehead atoms. The number of fused-ring (bicyclic) bond motifs is 1. The molecule has 1 amide bonds. The Bertz CT molecular complexity index is 987. The lowest BCUT2D eigenvalue weighted by Gasteiger charge is -2.12. The second-order valence-corrected chi connectivity index (χ2v) is 7.92. The molecular weight excluding hydrogens is 376 g/mol. The zero-order valence-corrected chi connectivity index (χ0v) is 15.3. The van der Waals surface area contributed by atoms with Gasteiger partial charge in [-0.1, -0.05) is 17.7 Å². The molecule has 136 valence electrons. The minimum Gasteiger partial charge on any atom is -0.493 e. The first kappa shape index (κ1) is 18.4. The second kappa shape index (κ2) is 7.49. The number of nitrogens with one attached hydrogen (secondary N) is 1. The summed E-state index contributed by atoms with van der Waals surface area (Å²) in [6.45, 7) is 0.855. The number of halogens is 1. The zero-order valence-electron chi connectivity index (χ0n) is 13.7. The number of rotatable bonds is 6. The van der Waals surface area contributed by atoms with Crippen molar-refractivity contribution in [1.82, 2.24) is 0 Å². The number of carbonyl (C=O) groups is 1. The monoisotopic (exact) mass is 392 g/mol. The first-order chi connectivity index (χ1) is 12.4. The lowest BCUT2D eigenvalue weighted by molar-refractivity contribution is 0.102. The van der Waals surface area contributed by atoms with Gasteiger partial charge in [0, 0.05) is 16.1 Å². The first-order valence-corrected chi connectivity index (χ1v) is 9.84. The molecule has 0 aromatic heterocycles. The molecule has 3 N–H and O–H groups in total. The number of amides is 1. The normalized spacial score (nSPS) is 14.1. The Labute approximate surface area is 156 Å². The lowest BCUT2D eigenvalue weighted by atomic mass is 10.1. The Morgan fingerprint density at radius 3 is 2.77 bits per heavy atom. The molecule has 0 atom stereocenters. The van der Waals surface area contributed by atoms with E-state index < -0.39 is 15.7 Å². The van der Waals surface area contributed by atoms with E-state index in [9.17, 15) is 13.2 Å². The summed E-state index contributed by atoms with van der Waals surface area (Å²) < 4.78 is 29.5. The molecule has 3 rings (SSSR count). The zero-order chi connectivity index (χ0) is 18.7. The van der Waals surface area contributed by atoms with Gasteiger partial charge in [-0.05, 0) is 54.9 Å². The number of benzene rings is 2. The van der Waals surface area contributed by atoms with Gasteiger partial charge in [0.15, 0.2) is 0 Å². The molecule has 0 aliphatic carbocycles. The summed E-state index contributed by atoms with van der Waals surface area (Å²) in [5, 5.41) is 4.22. The van der Waals surface area contributed by atoms with Crippen LogP contribution in [0.25, 0.3) is 6.08 Å². The summed E-state index contributed by atoms with van der Waals surface area (Å²) >= 11 is 6.00. The van der Waals surface area contributed by atoms with Crippen LogP contribution in [0.15, 0.2) is 46.7 Å². The molecule has 0 saturated heterocycles. The van der Waals surface area contributed by atoms with Gasteiger partial charge in [-0.15, -0.1) is 0 Å². The van der Waals surface area contributed by atoms with Gasteiger partial charge in [0.05, 0.1) is 17.1 Å². The quantitative estimate of drug-likeness (QED) is 0.736. The Morgan fingerprint density at radius 2 is 2.00 bits per heavy atom. The number of nitrogens with two attached hydrogens (primary N) is 1. The molecule has 0 radical (unpaired) electrons. The molecule has 0 unspecified atom stereocenters. The van der Waals surface area contributed by atoms with Crippen molar-refractivity contribution in [3.8, 4) is 5.75 Å². The number of sulfone groups is 1. The minimum atomic E-state index is -3.45. The number of hydrogen-bond donors (Lipinski definition) is 2. The summed E-state index contributed by atoms with van der Waals surface area (Å²) in [5.74, 6) is -0.0608. The van der Waals surface area contributed by atoms with E-state index in [0.717, 1.165) is 5.41 Å². The number of anilines is 1. The van der Waals surface area contributed by atoms with E-state index in [0.29, 0.717) is 41.6 Å². The summed E-state index contributed by atoms with van der Waals surface area (Å²) in [7, 11) is -3.45. The fourth-order valence-electron chi connectivity index (χ4n) is 2.50. The van der Waals surface area contributed by atoms with Crippen LogP contribution in [-0.4, -0.2) is 27.5 Å². The van der Waals surface area contributed by atoms with Crippen LogP contribution in [-0.2, 0) is 9.84 Å². The van der Waals surface area contributed by atoms with Crippen molar-refractivity contribution >= 4 is 39.1 Å². The van der Waals surface area contributed by atoms with Gasteiger partial charge >= 0.3 is 0 Å². The molecule has 2 aromatic rings. The molecule has 0 fully saturated rings. The van der Waals surface area contributed by atoms with Gasteiger partial charge in [-0.3, -0.25) is 4.79 Å². The van der Waals surface area contributed by atoms with E-state index in [1.807, 2.05) is 0 Å². The highest BCUT2D eigenvalue weighted by Gasteiger charge is 2.22. The van der Waals surface area contributed by atoms with Crippen molar-refractivity contribution in [2.75, 3.05) is 18.5 Å². The minimum absolute atomic E-state index is 0.167. The van der Waals surface area contributed by atoms with Crippen molar-refractivity contribution in [3.63, 3.8) is 0 Å². The average Bonchev–Trinajstić information content (AvgIpc) is 2.91. The molecule has 0 saturated carbocycles. The van der Waals surface area contributed by atoms with E-state index in [1.54, 1.807) is 24.3 Å². The third-order valence-electron chi connectivity index (χ3n) is 3.80. The number of carbonyl (C=O) groups excluding carboxylic acids is 1. The van der Waals surface area contributed by atoms with Crippen molar-refractivity contribution in [2.45, 2.75) is 11.3 Å². The van der Waals surface area contributed by atoms with Crippen molar-refractivity contribution in [1.29, 1.82) is 0 Å². The van der Waals surface area contributed by atoms with Crippen LogP contribution in [0.2, 0.25) is 5.02 Å². The highest BCUT2D eigenvalue weighted by atomic mass is 35.5. The van der Waals surface area contributed by atoms with Crippen molar-refractivity contribution in [3.05, 3.63) is 58.0 Å². The Morgan fingerprint density at radius 1 is 1.19 bits per heavy atom. The number of hydrogen-bond acceptors (Lipinski definition) is 5. The van der Waals surface area contributed by atoms with Crippen molar-refractivity contribution < 1.29 is 17.9 Å². The predicted molar refractivity (Wildman–Crippen MR) is 101 cm³/mol. The topological polar surface area (TPSA) is 98.5 Å². The van der Waals surface area contributed by atoms with Gasteiger partial charge in [0.25, 0.3) is 5.91 Å². The third-order valence-corrected chi connectivity index (χ3v) is 5.49. The number of ether oxygens (including phenoxy) is 1. The maximum atomic E-state index is 12.6. The Balaban J connectivity index is 1.84. The van der Waals surface area contributed by atoms with Crippen molar-refractivity contribution in [2.24, 2.45) is 5.73 Å². The molecule has 26 heavy (non-hydrogen) atoms. The fraction of sp³-hybridized carbons (Fsp3) is 0.167. The highest BCUT2D eigenvalue weighted by Crippen LogP contribution is 2.30. The van der Waals surface area contributed by atoms with E-state index in [-0.39, 0.29) is 10.5 Å². The van der Waals surface area contributed by atoms with Crippen LogP contribution in [0.5, 0.6) is 5.75 Å². The molecule has 6 nitrogen and oxygen atoms in total. The molecule has 1 aliphatic rings. The molecule has 1 heterocycles. The van der Waals surface area contributed by atoms with Crippen LogP contribution >= 0.6 is 11.6 Å². The van der Waals surface area contributed by atoms with Crippen LogP contribution in [0.1, 0.15) is 22.3 Å². The summed E-state index contributed by atoms with van der Waals surface area (Å²) in [6.07, 6.45) is 2.18. The predicted octanol–water partition coefficient (Wildman–Crippen LogP) is 3.08. The second-order valence-electron chi connectivity index (χ2n) is 5.69. The lowest BCUT2D eigenvalue weighted by Crippen LogP contribution is -2.15. The summed E-state index contributed by atoms with van der Waals surface area (Å²) in [5.41, 5.74) is 6.67. The average molecular weight is 393 g/mol. The summed E-state index contributed by atoms with van der Waals surface area (Å²) in [4.78, 5) is 12.8. The van der Waals surface area contributed by atoms with E-state index in [1.165, 1.54) is 18.2 Å². The third kappa shape index (κ3) is 3.90. The van der Waals surface area contributed by atoms with Gasteiger partial charge in [-0.25, -0.2) is 8.42 Å². The van der Waals surface area contributed by atoms with Crippen LogP contribution in [0.3, 0.4) is 0 Å². The van der Waals surface area contributed by atoms with Gasteiger partial charge in [0.2, 0.25) is 9.84 Å². The van der Waals surface area contributed by atoms with E-state index in [4.69, 9.17) is 22.1 Å². The van der Waals surface area contributed by atoms with Gasteiger partial charge in [-0.2, -0.15) is 0 Å². The largest absolute Gasteiger partial charge is 0.493 e. The summed E-state index contributed by atoms with van der Waals surface area (Å²) in [6, 6.07) is 9.46. The molecule has 2 aromatic carbocycles. The highest BCUT2D eigenvalue weighted by molar-refractivity contribution is 7.94. The molecule has 1 aliphatic heterocycles. The van der Waals surface area contributed by atoms with Crippen LogP contribution < -0.4 is 15.8 Å². The maximum Gasteiger partial charge on any atom is 0.259 e. The van der Waals surface area contributed by atoms with E-state index in [2.05, 4.69) is 5.32 Å². The van der Waals surface area contributed by atoms with Gasteiger partial charge in [0.1, 0.15) is 5.75 Å². The van der Waals surface area contributed by atoms with Crippen LogP contribution in [0.4, 0.5) is 5.69 Å². The van der Waals surface area contributed by atoms with Gasteiger partial charge < -0.3 is 15.8 Å². The molecule has 8 heteroatoms. The Kier molecular flexibility index (Phi) is 5.31. The standard InChI is InChI=1S/C18H17ClN2O4S/c19-13-3-5-16(25-8-1-7-20)15(10-13)18(22)21-14-4-2-12-6-9-26(23,24)17(12)11-14/h2-6,9-11H,1,7-8,20H2,(H,21,22). The first-order valence-electron chi connectivity index (χ1n) is 7.92. The SMILES string of the molecule is NCCCOc1ccc(Cl)cc1C(=O)Nc1ccc2c(c1)S(=O)(=O)C=C2. The van der Waals surface area contributed by atoms with E-state index >= 15 is 0 Å².